The topological polar surface area (TPSA) is 103 Å². The molecule has 1 aliphatic heterocycles. The lowest BCUT2D eigenvalue weighted by Gasteiger charge is -2.23. The summed E-state index contributed by atoms with van der Waals surface area (Å²) in [5, 5.41) is 13.7. The lowest BCUT2D eigenvalue weighted by Crippen LogP contribution is -2.56. The fraction of sp³-hybridized carbons (Fsp3) is 0.533. The van der Waals surface area contributed by atoms with Gasteiger partial charge in [-0.1, -0.05) is 51.8 Å². The summed E-state index contributed by atoms with van der Waals surface area (Å²) in [5.41, 5.74) is 0.133. The summed E-state index contributed by atoms with van der Waals surface area (Å²) in [6.07, 6.45) is -1.72. The fourth-order valence-electron chi connectivity index (χ4n) is 4.20. The van der Waals surface area contributed by atoms with Crippen LogP contribution in [0.1, 0.15) is 75.7 Å². The van der Waals surface area contributed by atoms with Crippen LogP contribution in [0, 0.1) is 0 Å². The number of esters is 2. The van der Waals surface area contributed by atoms with E-state index in [1.165, 1.54) is 12.1 Å². The molecule has 2 N–H and O–H groups in total. The van der Waals surface area contributed by atoms with Crippen LogP contribution in [-0.4, -0.2) is 48.6 Å². The van der Waals surface area contributed by atoms with Gasteiger partial charge in [0.2, 0.25) is 0 Å². The molecule has 11 heteroatoms. The maximum Gasteiger partial charge on any atom is 0.453 e. The molecule has 0 amide bonds. The highest BCUT2D eigenvalue weighted by Gasteiger charge is 2.59. The molecule has 0 radical (unpaired) electrons. The molecule has 2 atom stereocenters. The minimum Gasteiger partial charge on any atom is -0.459 e. The largest absolute Gasteiger partial charge is 0.459 e. The average molecular weight is 582 g/mol. The number of fused-ring (bicyclic) bond motifs is 1. The van der Waals surface area contributed by atoms with Crippen LogP contribution in [0.5, 0.6) is 11.5 Å². The number of benzene rings is 2. The van der Waals surface area contributed by atoms with Gasteiger partial charge in [-0.3, -0.25) is 0 Å². The number of aliphatic hydroxyl groups excluding tert-OH is 1. The van der Waals surface area contributed by atoms with E-state index in [2.05, 4.69) is 5.32 Å². The number of nitrogens with one attached hydrogen (secondary N) is 1. The number of unbranched alkanes of at least 4 members (excludes halogenated alkanes) is 2. The third kappa shape index (κ3) is 8.36. The van der Waals surface area contributed by atoms with E-state index in [0.29, 0.717) is 25.7 Å². The van der Waals surface area contributed by atoms with E-state index in [9.17, 15) is 27.9 Å². The molecule has 3 rings (SSSR count). The van der Waals surface area contributed by atoms with Crippen molar-refractivity contribution in [2.45, 2.75) is 83.4 Å². The van der Waals surface area contributed by atoms with E-state index in [1.807, 2.05) is 20.8 Å². The first-order valence-corrected chi connectivity index (χ1v) is 14.0. The Hall–Kier alpha value is -3.31. The maximum absolute atomic E-state index is 13.0. The second kappa shape index (κ2) is 14.5. The minimum absolute atomic E-state index is 0.0423. The third-order valence-electron chi connectivity index (χ3n) is 6.69. The van der Waals surface area contributed by atoms with E-state index in [-0.39, 0.29) is 42.9 Å². The van der Waals surface area contributed by atoms with Gasteiger partial charge in [0, 0.05) is 12.6 Å². The lowest BCUT2D eigenvalue weighted by molar-refractivity contribution is -0.202. The summed E-state index contributed by atoms with van der Waals surface area (Å²) in [6.45, 7) is 6.05. The molecule has 0 saturated carbocycles. The fourth-order valence-corrected chi connectivity index (χ4v) is 4.20. The van der Waals surface area contributed by atoms with Gasteiger partial charge in [-0.15, -0.1) is 0 Å². The summed E-state index contributed by atoms with van der Waals surface area (Å²) in [5.74, 6) is -3.99. The van der Waals surface area contributed by atoms with Crippen LogP contribution in [-0.2, 0) is 31.7 Å². The highest BCUT2D eigenvalue weighted by atomic mass is 19.4. The number of hydrogen-bond acceptors (Lipinski definition) is 8. The number of carbonyl (C=O) groups is 2. The molecule has 0 bridgehead atoms. The van der Waals surface area contributed by atoms with Crippen molar-refractivity contribution in [1.29, 1.82) is 0 Å². The van der Waals surface area contributed by atoms with Crippen molar-refractivity contribution in [2.75, 3.05) is 19.8 Å². The molecule has 0 fully saturated rings. The SMILES string of the molecule is CCCCOC(=O)C1(C(=O)OCCCC)Oc2ccc(CC(CC)NCC(O)c3cccc(C(F)(F)F)c3)cc2O1. The minimum atomic E-state index is -4.50. The number of hydrogen-bond donors (Lipinski definition) is 2. The van der Waals surface area contributed by atoms with Crippen molar-refractivity contribution in [3.63, 3.8) is 0 Å². The van der Waals surface area contributed by atoms with Crippen molar-refractivity contribution in [1.82, 2.24) is 5.32 Å². The van der Waals surface area contributed by atoms with Crippen LogP contribution in [0.2, 0.25) is 0 Å². The molecule has 2 aromatic carbocycles. The highest BCUT2D eigenvalue weighted by Crippen LogP contribution is 2.41. The third-order valence-corrected chi connectivity index (χ3v) is 6.69. The van der Waals surface area contributed by atoms with Crippen LogP contribution < -0.4 is 14.8 Å². The number of alkyl halides is 3. The van der Waals surface area contributed by atoms with Crippen LogP contribution in [0.3, 0.4) is 0 Å². The molecule has 2 unspecified atom stereocenters. The number of rotatable bonds is 15. The molecule has 0 aromatic heterocycles. The standard InChI is InChI=1S/C30H38F3NO7/c1-4-7-14-38-27(36)29(28(37)39-15-8-5-2)40-25-13-12-20(17-26(25)41-29)16-23(6-3)34-19-24(35)21-10-9-11-22(18-21)30(31,32)33/h9-13,17-18,23-24,34-35H,4-8,14-16,19H2,1-3H3. The molecular formula is C30H38F3NO7. The summed E-state index contributed by atoms with van der Waals surface area (Å²) >= 11 is 0. The summed E-state index contributed by atoms with van der Waals surface area (Å²) in [6, 6.07) is 9.49. The first-order valence-electron chi connectivity index (χ1n) is 14.0. The molecule has 8 nitrogen and oxygen atoms in total. The van der Waals surface area contributed by atoms with E-state index in [4.69, 9.17) is 18.9 Å². The predicted molar refractivity (Wildman–Crippen MR) is 144 cm³/mol. The van der Waals surface area contributed by atoms with Crippen molar-refractivity contribution < 1.29 is 46.8 Å². The number of ether oxygens (including phenoxy) is 4. The van der Waals surface area contributed by atoms with Gasteiger partial charge in [0.15, 0.2) is 11.5 Å². The van der Waals surface area contributed by atoms with E-state index < -0.39 is 35.6 Å². The zero-order valence-electron chi connectivity index (χ0n) is 23.6. The molecular weight excluding hydrogens is 543 g/mol. The van der Waals surface area contributed by atoms with Crippen molar-refractivity contribution in [3.8, 4) is 11.5 Å². The molecule has 0 spiro atoms. The maximum atomic E-state index is 13.0. The first kappa shape index (κ1) is 32.2. The molecule has 1 heterocycles. The van der Waals surface area contributed by atoms with Gasteiger partial charge < -0.3 is 29.4 Å². The zero-order chi connectivity index (χ0) is 30.0. The van der Waals surface area contributed by atoms with E-state index in [0.717, 1.165) is 30.5 Å². The highest BCUT2D eigenvalue weighted by molar-refractivity contribution is 6.03. The zero-order valence-corrected chi connectivity index (χ0v) is 23.6. The van der Waals surface area contributed by atoms with Gasteiger partial charge in [0.25, 0.3) is 0 Å². The second-order valence-electron chi connectivity index (χ2n) is 9.94. The van der Waals surface area contributed by atoms with Gasteiger partial charge in [0.1, 0.15) is 0 Å². The van der Waals surface area contributed by atoms with Crippen LogP contribution >= 0.6 is 0 Å². The quantitative estimate of drug-likeness (QED) is 0.161. The number of halogens is 3. The van der Waals surface area contributed by atoms with Crippen molar-refractivity contribution in [3.05, 3.63) is 59.2 Å². The van der Waals surface area contributed by atoms with Gasteiger partial charge in [-0.05, 0) is 61.1 Å². The van der Waals surface area contributed by atoms with Crippen LogP contribution in [0.15, 0.2) is 42.5 Å². The molecule has 0 saturated heterocycles. The number of aliphatic hydroxyl groups is 1. The van der Waals surface area contributed by atoms with Crippen LogP contribution in [0.25, 0.3) is 0 Å². The van der Waals surface area contributed by atoms with Gasteiger partial charge in [-0.2, -0.15) is 13.2 Å². The Balaban J connectivity index is 1.68. The molecule has 0 aliphatic carbocycles. The smallest absolute Gasteiger partial charge is 0.453 e. The van der Waals surface area contributed by atoms with Gasteiger partial charge in [-0.25, -0.2) is 9.59 Å². The Bertz CT molecular complexity index is 1150. The lowest BCUT2D eigenvalue weighted by atomic mass is 10.0. The Morgan fingerprint density at radius 2 is 1.59 bits per heavy atom. The molecule has 2 aromatic rings. The Morgan fingerprint density at radius 3 is 2.17 bits per heavy atom. The first-order chi connectivity index (χ1) is 19.5. The van der Waals surface area contributed by atoms with Crippen molar-refractivity contribution >= 4 is 11.9 Å². The van der Waals surface area contributed by atoms with Crippen LogP contribution in [0.4, 0.5) is 13.2 Å². The molecule has 226 valence electrons. The van der Waals surface area contributed by atoms with Crippen molar-refractivity contribution in [2.24, 2.45) is 0 Å². The average Bonchev–Trinajstić information content (AvgIpc) is 3.35. The summed E-state index contributed by atoms with van der Waals surface area (Å²) in [7, 11) is 0. The summed E-state index contributed by atoms with van der Waals surface area (Å²) in [4.78, 5) is 25.9. The van der Waals surface area contributed by atoms with E-state index >= 15 is 0 Å². The Morgan fingerprint density at radius 1 is 0.951 bits per heavy atom. The van der Waals surface area contributed by atoms with E-state index in [1.54, 1.807) is 18.2 Å². The van der Waals surface area contributed by atoms with Gasteiger partial charge >= 0.3 is 23.9 Å². The number of carbonyl (C=O) groups excluding carboxylic acids is 2. The van der Waals surface area contributed by atoms with Gasteiger partial charge in [0.05, 0.1) is 24.9 Å². The Labute approximate surface area is 238 Å². The predicted octanol–water partition coefficient (Wildman–Crippen LogP) is 5.50. The second-order valence-corrected chi connectivity index (χ2v) is 9.94. The Kier molecular flexibility index (Phi) is 11.4. The summed E-state index contributed by atoms with van der Waals surface area (Å²) < 4.78 is 61.2. The molecule has 41 heavy (non-hydrogen) atoms. The monoisotopic (exact) mass is 581 g/mol. The normalized spacial score (nSPS) is 15.3. The molecule has 1 aliphatic rings.